The first-order valence-electron chi connectivity index (χ1n) is 7.97. The second-order valence-electron chi connectivity index (χ2n) is 5.72. The number of quaternary nitrogens is 1. The molecule has 6 heteroatoms. The predicted octanol–water partition coefficient (Wildman–Crippen LogP) is 1.28. The number of nitrogens with zero attached hydrogens (tertiary/aromatic N) is 2. The Kier molecular flexibility index (Phi) is 5.23. The molecule has 0 radical (unpaired) electrons. The number of thiocarbonyl (C=S) groups is 1. The van der Waals surface area contributed by atoms with Crippen LogP contribution in [0.1, 0.15) is 18.4 Å². The molecule has 0 bridgehead atoms. The van der Waals surface area contributed by atoms with Crippen LogP contribution in [0.2, 0.25) is 0 Å². The average Bonchev–Trinajstić information content (AvgIpc) is 2.95. The topological polar surface area (TPSA) is 32.6 Å². The van der Waals surface area contributed by atoms with Crippen LogP contribution < -0.4 is 10.2 Å². The smallest absolute Gasteiger partial charge is 0.169 e. The lowest BCUT2D eigenvalue weighted by atomic mass is 10.3. The zero-order valence-electron chi connectivity index (χ0n) is 13.0. The number of thiazole rings is 1. The van der Waals surface area contributed by atoms with E-state index in [9.17, 15) is 0 Å². The lowest BCUT2D eigenvalue weighted by molar-refractivity contribution is -0.917. The third-order valence-corrected chi connectivity index (χ3v) is 5.46. The standard InChI is InChI=1S/C16H22N4S2/c1-2-7-17-16(21)20-10-8-19(9-11-20)12-15-18-13-5-3-4-6-14(13)22-15/h3-6H,2,7-12H2,1H3,(H,17,21)/p+1. The van der Waals surface area contributed by atoms with Crippen molar-refractivity contribution in [3.05, 3.63) is 29.3 Å². The summed E-state index contributed by atoms with van der Waals surface area (Å²) in [6.07, 6.45) is 1.11. The molecule has 0 spiro atoms. The summed E-state index contributed by atoms with van der Waals surface area (Å²) in [5.41, 5.74) is 1.13. The summed E-state index contributed by atoms with van der Waals surface area (Å²) < 4.78 is 1.29. The van der Waals surface area contributed by atoms with Crippen molar-refractivity contribution in [2.75, 3.05) is 32.7 Å². The number of nitrogens with one attached hydrogen (secondary N) is 2. The van der Waals surface area contributed by atoms with E-state index in [2.05, 4.69) is 41.4 Å². The van der Waals surface area contributed by atoms with Gasteiger partial charge in [0.1, 0.15) is 11.6 Å². The van der Waals surface area contributed by atoms with Crippen molar-refractivity contribution < 1.29 is 4.90 Å². The molecule has 0 unspecified atom stereocenters. The average molecular weight is 336 g/mol. The lowest BCUT2D eigenvalue weighted by Gasteiger charge is -2.33. The monoisotopic (exact) mass is 335 g/mol. The first-order chi connectivity index (χ1) is 10.8. The Morgan fingerprint density at radius 1 is 1.36 bits per heavy atom. The van der Waals surface area contributed by atoms with Gasteiger partial charge in [0.2, 0.25) is 0 Å². The molecule has 4 nitrogen and oxygen atoms in total. The third-order valence-electron chi connectivity index (χ3n) is 4.02. The lowest BCUT2D eigenvalue weighted by Crippen LogP contribution is -3.13. The van der Waals surface area contributed by atoms with E-state index in [0.29, 0.717) is 0 Å². The third kappa shape index (κ3) is 3.74. The Bertz CT molecular complexity index is 599. The molecule has 1 saturated heterocycles. The normalized spacial score (nSPS) is 16.1. The van der Waals surface area contributed by atoms with Gasteiger partial charge in [-0.15, -0.1) is 11.3 Å². The van der Waals surface area contributed by atoms with Crippen LogP contribution in [0.5, 0.6) is 0 Å². The van der Waals surface area contributed by atoms with Crippen LogP contribution in [-0.4, -0.2) is 47.7 Å². The minimum atomic E-state index is 0.917. The van der Waals surface area contributed by atoms with Gasteiger partial charge in [-0.1, -0.05) is 19.1 Å². The summed E-state index contributed by atoms with van der Waals surface area (Å²) in [6.45, 7) is 8.49. The van der Waals surface area contributed by atoms with E-state index in [1.165, 1.54) is 9.71 Å². The molecule has 0 saturated carbocycles. The molecule has 2 aromatic rings. The van der Waals surface area contributed by atoms with Gasteiger partial charge < -0.3 is 15.1 Å². The summed E-state index contributed by atoms with van der Waals surface area (Å²) in [5, 5.41) is 5.49. The molecular weight excluding hydrogens is 312 g/mol. The summed E-state index contributed by atoms with van der Waals surface area (Å²) in [6, 6.07) is 8.39. The Balaban J connectivity index is 1.52. The Hall–Kier alpha value is -1.24. The molecule has 1 aromatic carbocycles. The van der Waals surface area contributed by atoms with Gasteiger partial charge in [-0.2, -0.15) is 0 Å². The highest BCUT2D eigenvalue weighted by Gasteiger charge is 2.22. The number of piperazine rings is 1. The molecular formula is C16H23N4S2+. The second-order valence-corrected chi connectivity index (χ2v) is 7.22. The van der Waals surface area contributed by atoms with Crippen LogP contribution in [0.15, 0.2) is 24.3 Å². The van der Waals surface area contributed by atoms with Gasteiger partial charge in [0.05, 0.1) is 36.4 Å². The number of fused-ring (bicyclic) bond motifs is 1. The van der Waals surface area contributed by atoms with E-state index in [4.69, 9.17) is 17.2 Å². The van der Waals surface area contributed by atoms with Crippen molar-refractivity contribution in [3.8, 4) is 0 Å². The molecule has 2 heterocycles. The van der Waals surface area contributed by atoms with Gasteiger partial charge in [0.25, 0.3) is 0 Å². The van der Waals surface area contributed by atoms with Crippen LogP contribution in [-0.2, 0) is 6.54 Å². The molecule has 3 rings (SSSR count). The number of aromatic nitrogens is 1. The minimum Gasteiger partial charge on any atom is -0.363 e. The Labute approximate surface area is 141 Å². The zero-order chi connectivity index (χ0) is 15.4. The van der Waals surface area contributed by atoms with Gasteiger partial charge in [-0.25, -0.2) is 4.98 Å². The van der Waals surface area contributed by atoms with Crippen LogP contribution >= 0.6 is 23.6 Å². The van der Waals surface area contributed by atoms with Crippen LogP contribution in [0.4, 0.5) is 0 Å². The minimum absolute atomic E-state index is 0.917. The van der Waals surface area contributed by atoms with Gasteiger partial charge in [-0.3, -0.25) is 0 Å². The second kappa shape index (κ2) is 7.35. The van der Waals surface area contributed by atoms with E-state index in [-0.39, 0.29) is 0 Å². The van der Waals surface area contributed by atoms with Crippen molar-refractivity contribution >= 4 is 38.9 Å². The van der Waals surface area contributed by atoms with E-state index >= 15 is 0 Å². The fraction of sp³-hybridized carbons (Fsp3) is 0.500. The van der Waals surface area contributed by atoms with Crippen molar-refractivity contribution in [1.29, 1.82) is 0 Å². The molecule has 2 N–H and O–H groups in total. The molecule has 1 fully saturated rings. The van der Waals surface area contributed by atoms with Gasteiger partial charge in [0, 0.05) is 6.54 Å². The van der Waals surface area contributed by atoms with Crippen molar-refractivity contribution in [2.24, 2.45) is 0 Å². The van der Waals surface area contributed by atoms with Crippen molar-refractivity contribution in [3.63, 3.8) is 0 Å². The fourth-order valence-corrected chi connectivity index (χ4v) is 4.08. The summed E-state index contributed by atoms with van der Waals surface area (Å²) >= 11 is 7.27. The SMILES string of the molecule is CCCNC(=S)N1CC[NH+](Cc2nc3ccccc3s2)CC1. The van der Waals surface area contributed by atoms with E-state index < -0.39 is 0 Å². The van der Waals surface area contributed by atoms with E-state index in [1.807, 2.05) is 11.3 Å². The highest BCUT2D eigenvalue weighted by Crippen LogP contribution is 2.20. The van der Waals surface area contributed by atoms with Crippen LogP contribution in [0, 0.1) is 0 Å². The van der Waals surface area contributed by atoms with Gasteiger partial charge >= 0.3 is 0 Å². The highest BCUT2D eigenvalue weighted by molar-refractivity contribution is 7.80. The Morgan fingerprint density at radius 3 is 2.86 bits per heavy atom. The summed E-state index contributed by atoms with van der Waals surface area (Å²) in [4.78, 5) is 8.65. The maximum atomic E-state index is 5.45. The van der Waals surface area contributed by atoms with E-state index in [0.717, 1.165) is 56.3 Å². The molecule has 0 atom stereocenters. The molecule has 1 aromatic heterocycles. The summed E-state index contributed by atoms with van der Waals surface area (Å²) in [7, 11) is 0. The maximum absolute atomic E-state index is 5.45. The van der Waals surface area contributed by atoms with Crippen LogP contribution in [0.3, 0.4) is 0 Å². The number of para-hydroxylation sites is 1. The molecule has 118 valence electrons. The largest absolute Gasteiger partial charge is 0.363 e. The van der Waals surface area contributed by atoms with Crippen molar-refractivity contribution in [2.45, 2.75) is 19.9 Å². The zero-order valence-corrected chi connectivity index (χ0v) is 14.6. The Morgan fingerprint density at radius 2 is 2.14 bits per heavy atom. The molecule has 0 aliphatic carbocycles. The van der Waals surface area contributed by atoms with Crippen LogP contribution in [0.25, 0.3) is 10.2 Å². The first kappa shape index (κ1) is 15.6. The highest BCUT2D eigenvalue weighted by atomic mass is 32.1. The molecule has 1 aliphatic heterocycles. The first-order valence-corrected chi connectivity index (χ1v) is 9.19. The number of hydrogen-bond acceptors (Lipinski definition) is 3. The summed E-state index contributed by atoms with van der Waals surface area (Å²) in [5.74, 6) is 0. The number of hydrogen-bond donors (Lipinski definition) is 2. The van der Waals surface area contributed by atoms with Gasteiger partial charge in [0.15, 0.2) is 5.11 Å². The molecule has 0 amide bonds. The maximum Gasteiger partial charge on any atom is 0.169 e. The van der Waals surface area contributed by atoms with Gasteiger partial charge in [-0.05, 0) is 30.8 Å². The predicted molar refractivity (Wildman–Crippen MR) is 96.5 cm³/mol. The molecule has 1 aliphatic rings. The number of benzene rings is 1. The molecule has 22 heavy (non-hydrogen) atoms. The van der Waals surface area contributed by atoms with Crippen molar-refractivity contribution in [1.82, 2.24) is 15.2 Å². The fourth-order valence-electron chi connectivity index (χ4n) is 2.76. The number of rotatable bonds is 4. The quantitative estimate of drug-likeness (QED) is 0.825. The van der Waals surface area contributed by atoms with E-state index in [1.54, 1.807) is 4.90 Å².